The monoisotopic (exact) mass is 241 g/mol. The maximum absolute atomic E-state index is 12.4. The van der Waals surface area contributed by atoms with Crippen molar-refractivity contribution in [2.75, 3.05) is 0 Å². The van der Waals surface area contributed by atoms with Gasteiger partial charge in [-0.2, -0.15) is 13.2 Å². The van der Waals surface area contributed by atoms with Gasteiger partial charge < -0.3 is 5.11 Å². The normalized spacial score (nSPS) is 11.9. The summed E-state index contributed by atoms with van der Waals surface area (Å²) < 4.78 is 61.8. The zero-order valence-corrected chi connectivity index (χ0v) is 7.42. The van der Waals surface area contributed by atoms with Crippen molar-refractivity contribution in [3.05, 3.63) is 29.1 Å². The van der Waals surface area contributed by atoms with Crippen LogP contribution in [0.25, 0.3) is 0 Å². The molecule has 3 nitrogen and oxygen atoms in total. The van der Waals surface area contributed by atoms with Crippen molar-refractivity contribution >= 4 is 5.97 Å². The van der Waals surface area contributed by atoms with Crippen LogP contribution in [0.1, 0.15) is 27.9 Å². The maximum atomic E-state index is 12.4. The van der Waals surface area contributed by atoms with Crippen molar-refractivity contribution in [3.63, 3.8) is 0 Å². The molecule has 0 aliphatic rings. The third kappa shape index (κ3) is 2.26. The van der Waals surface area contributed by atoms with Crippen LogP contribution in [0.5, 0.6) is 0 Å². The van der Waals surface area contributed by atoms with E-state index in [1.165, 1.54) is 0 Å². The lowest BCUT2D eigenvalue weighted by molar-refractivity contribution is -0.140. The molecule has 8 heteroatoms. The molecule has 0 aliphatic heterocycles. The first-order valence-electron chi connectivity index (χ1n) is 3.81. The van der Waals surface area contributed by atoms with E-state index in [9.17, 15) is 26.7 Å². The smallest absolute Gasteiger partial charge is 0.417 e. The van der Waals surface area contributed by atoms with Crippen molar-refractivity contribution in [3.8, 4) is 0 Å². The van der Waals surface area contributed by atoms with E-state index in [1.54, 1.807) is 0 Å². The van der Waals surface area contributed by atoms with Crippen LogP contribution in [0.4, 0.5) is 22.0 Å². The van der Waals surface area contributed by atoms with Gasteiger partial charge in [0.05, 0.1) is 11.1 Å². The number of nitrogens with zero attached hydrogens (tertiary/aromatic N) is 1. The van der Waals surface area contributed by atoms with Crippen LogP contribution in [0, 0.1) is 0 Å². The Morgan fingerprint density at radius 2 is 1.88 bits per heavy atom. The first kappa shape index (κ1) is 12.3. The molecule has 0 saturated heterocycles. The molecular formula is C8H4F5NO2. The van der Waals surface area contributed by atoms with Gasteiger partial charge in [0, 0.05) is 18.0 Å². The predicted octanol–water partition coefficient (Wildman–Crippen LogP) is 2.74. The lowest BCUT2D eigenvalue weighted by Crippen LogP contribution is -2.17. The molecule has 0 spiro atoms. The van der Waals surface area contributed by atoms with Crippen LogP contribution in [-0.4, -0.2) is 16.1 Å². The molecular weight excluding hydrogens is 237 g/mol. The van der Waals surface area contributed by atoms with Gasteiger partial charge in [-0.05, 0) is 0 Å². The minimum absolute atomic E-state index is 0.305. The molecule has 0 radical (unpaired) electrons. The summed E-state index contributed by atoms with van der Waals surface area (Å²) in [5.41, 5.74) is -4.58. The van der Waals surface area contributed by atoms with Gasteiger partial charge in [-0.1, -0.05) is 0 Å². The predicted molar refractivity (Wildman–Crippen MR) is 41.2 cm³/mol. The quantitative estimate of drug-likeness (QED) is 0.810. The van der Waals surface area contributed by atoms with Gasteiger partial charge in [0.2, 0.25) is 0 Å². The summed E-state index contributed by atoms with van der Waals surface area (Å²) in [5.74, 6) is -1.96. The van der Waals surface area contributed by atoms with E-state index >= 15 is 0 Å². The standard InChI is InChI=1S/C8H4F5NO2/c9-6(10)3-1-14-2-4(7(15)16)5(3)8(11,12)13/h1-2,6H,(H,15,16). The van der Waals surface area contributed by atoms with E-state index in [0.717, 1.165) is 0 Å². The van der Waals surface area contributed by atoms with E-state index in [2.05, 4.69) is 4.98 Å². The number of carboxylic acid groups (broad SMARTS) is 1. The Morgan fingerprint density at radius 3 is 2.25 bits per heavy atom. The molecule has 0 aliphatic carbocycles. The van der Waals surface area contributed by atoms with Crippen molar-refractivity contribution in [1.29, 1.82) is 0 Å². The molecule has 88 valence electrons. The number of carbonyl (C=O) groups is 1. The number of hydrogen-bond acceptors (Lipinski definition) is 2. The number of alkyl halides is 5. The molecule has 1 aromatic rings. The highest BCUT2D eigenvalue weighted by atomic mass is 19.4. The SMILES string of the molecule is O=C(O)c1cncc(C(F)F)c1C(F)(F)F. The molecule has 0 atom stereocenters. The summed E-state index contributed by atoms with van der Waals surface area (Å²) in [6.45, 7) is 0. The van der Waals surface area contributed by atoms with Crippen molar-refractivity contribution < 1.29 is 31.9 Å². The van der Waals surface area contributed by atoms with Gasteiger partial charge in [0.25, 0.3) is 6.43 Å². The average Bonchev–Trinajstić information content (AvgIpc) is 2.15. The second kappa shape index (κ2) is 4.03. The summed E-state index contributed by atoms with van der Waals surface area (Å²) in [4.78, 5) is 13.5. The zero-order chi connectivity index (χ0) is 12.5. The molecule has 0 aromatic carbocycles. The number of aromatic carboxylic acids is 1. The molecule has 1 rings (SSSR count). The highest BCUT2D eigenvalue weighted by molar-refractivity contribution is 5.89. The fourth-order valence-electron chi connectivity index (χ4n) is 1.12. The summed E-state index contributed by atoms with van der Waals surface area (Å²) in [5, 5.41) is 8.45. The highest BCUT2D eigenvalue weighted by Gasteiger charge is 2.40. The Morgan fingerprint density at radius 1 is 1.31 bits per heavy atom. The lowest BCUT2D eigenvalue weighted by Gasteiger charge is -2.13. The Balaban J connectivity index is 3.54. The molecule has 1 aromatic heterocycles. The molecule has 0 fully saturated rings. The number of halogens is 5. The third-order valence-electron chi connectivity index (χ3n) is 1.72. The largest absolute Gasteiger partial charge is 0.478 e. The van der Waals surface area contributed by atoms with Crippen LogP contribution in [0.15, 0.2) is 12.4 Å². The summed E-state index contributed by atoms with van der Waals surface area (Å²) in [6.07, 6.45) is -7.91. The number of pyridine rings is 1. The van der Waals surface area contributed by atoms with E-state index in [0.29, 0.717) is 12.4 Å². The molecule has 1 heterocycles. The molecule has 1 N–H and O–H groups in total. The maximum Gasteiger partial charge on any atom is 0.417 e. The molecule has 0 bridgehead atoms. The summed E-state index contributed by atoms with van der Waals surface area (Å²) in [6, 6.07) is 0. The first-order chi connectivity index (χ1) is 7.25. The van der Waals surface area contributed by atoms with E-state index in [1.807, 2.05) is 0 Å². The van der Waals surface area contributed by atoms with Gasteiger partial charge in [-0.15, -0.1) is 0 Å². The van der Waals surface area contributed by atoms with Gasteiger partial charge in [-0.25, -0.2) is 13.6 Å². The number of hydrogen-bond donors (Lipinski definition) is 1. The van der Waals surface area contributed by atoms with E-state index < -0.39 is 35.3 Å². The topological polar surface area (TPSA) is 50.2 Å². The third-order valence-corrected chi connectivity index (χ3v) is 1.72. The minimum atomic E-state index is -5.16. The first-order valence-corrected chi connectivity index (χ1v) is 3.81. The zero-order valence-electron chi connectivity index (χ0n) is 7.42. The highest BCUT2D eigenvalue weighted by Crippen LogP contribution is 2.37. The number of rotatable bonds is 2. The summed E-state index contributed by atoms with van der Waals surface area (Å²) >= 11 is 0. The lowest BCUT2D eigenvalue weighted by atomic mass is 10.0. The second-order valence-electron chi connectivity index (χ2n) is 2.75. The van der Waals surface area contributed by atoms with Gasteiger partial charge in [-0.3, -0.25) is 4.98 Å². The Labute approximate surface area is 85.5 Å². The number of aromatic nitrogens is 1. The van der Waals surface area contributed by atoms with Crippen LogP contribution in [0.3, 0.4) is 0 Å². The van der Waals surface area contributed by atoms with E-state index in [4.69, 9.17) is 5.11 Å². The van der Waals surface area contributed by atoms with Crippen molar-refractivity contribution in [1.82, 2.24) is 4.98 Å². The van der Waals surface area contributed by atoms with E-state index in [-0.39, 0.29) is 0 Å². The molecule has 0 saturated carbocycles. The average molecular weight is 241 g/mol. The van der Waals surface area contributed by atoms with Crippen LogP contribution < -0.4 is 0 Å². The Hall–Kier alpha value is -1.73. The Bertz CT molecular complexity index is 415. The molecule has 0 unspecified atom stereocenters. The van der Waals surface area contributed by atoms with Crippen LogP contribution in [0.2, 0.25) is 0 Å². The minimum Gasteiger partial charge on any atom is -0.478 e. The van der Waals surface area contributed by atoms with Crippen molar-refractivity contribution in [2.24, 2.45) is 0 Å². The van der Waals surface area contributed by atoms with Crippen molar-refractivity contribution in [2.45, 2.75) is 12.6 Å². The fraction of sp³-hybridized carbons (Fsp3) is 0.250. The summed E-state index contributed by atoms with van der Waals surface area (Å²) in [7, 11) is 0. The van der Waals surface area contributed by atoms with Crippen LogP contribution >= 0.6 is 0 Å². The van der Waals surface area contributed by atoms with Gasteiger partial charge in [0.15, 0.2) is 0 Å². The Kier molecular flexibility index (Phi) is 3.11. The fourth-order valence-corrected chi connectivity index (χ4v) is 1.12. The molecule has 16 heavy (non-hydrogen) atoms. The molecule has 0 amide bonds. The van der Waals surface area contributed by atoms with Gasteiger partial charge >= 0.3 is 12.1 Å². The van der Waals surface area contributed by atoms with Crippen LogP contribution in [-0.2, 0) is 6.18 Å². The number of carboxylic acids is 1. The second-order valence-corrected chi connectivity index (χ2v) is 2.75. The van der Waals surface area contributed by atoms with Gasteiger partial charge in [0.1, 0.15) is 0 Å².